The number of hydrogen-bond acceptors (Lipinski definition) is 3. The Labute approximate surface area is 90.7 Å². The first kappa shape index (κ1) is 9.86. The molecule has 2 aromatic rings. The van der Waals surface area contributed by atoms with Crippen molar-refractivity contribution in [2.75, 3.05) is 5.73 Å². The molecule has 5 heteroatoms. The Hall–Kier alpha value is -1.68. The molecule has 0 spiro atoms. The van der Waals surface area contributed by atoms with Gasteiger partial charge in [0, 0.05) is 18.0 Å². The van der Waals surface area contributed by atoms with Crippen molar-refractivity contribution < 1.29 is 4.39 Å². The van der Waals surface area contributed by atoms with E-state index in [1.807, 2.05) is 0 Å². The molecule has 0 unspecified atom stereocenters. The van der Waals surface area contributed by atoms with Crippen LogP contribution in [0.15, 0.2) is 30.6 Å². The third-order valence-corrected chi connectivity index (χ3v) is 2.21. The smallest absolute Gasteiger partial charge is 0.219 e. The third kappa shape index (κ3) is 2.05. The number of benzene rings is 1. The Morgan fingerprint density at radius 2 is 1.80 bits per heavy atom. The molecule has 1 aromatic carbocycles. The maximum absolute atomic E-state index is 12.9. The van der Waals surface area contributed by atoms with E-state index in [4.69, 9.17) is 17.3 Å². The summed E-state index contributed by atoms with van der Waals surface area (Å²) in [4.78, 5) is 7.67. The topological polar surface area (TPSA) is 51.8 Å². The summed E-state index contributed by atoms with van der Waals surface area (Å²) in [6.45, 7) is 0. The number of nitrogens with zero attached hydrogens (tertiary/aromatic N) is 2. The van der Waals surface area contributed by atoms with Gasteiger partial charge in [0.15, 0.2) is 0 Å². The van der Waals surface area contributed by atoms with Crippen LogP contribution in [0.4, 0.5) is 10.3 Å². The molecule has 2 rings (SSSR count). The molecule has 0 saturated carbocycles. The van der Waals surface area contributed by atoms with Gasteiger partial charge in [0.05, 0.1) is 5.02 Å². The normalized spacial score (nSPS) is 10.3. The van der Waals surface area contributed by atoms with Gasteiger partial charge in [0.1, 0.15) is 5.82 Å². The molecule has 15 heavy (non-hydrogen) atoms. The van der Waals surface area contributed by atoms with Crippen molar-refractivity contribution in [3.8, 4) is 11.1 Å². The molecule has 0 aliphatic carbocycles. The molecule has 0 fully saturated rings. The van der Waals surface area contributed by atoms with Crippen LogP contribution >= 0.6 is 11.6 Å². The number of halogens is 2. The second-order valence-corrected chi connectivity index (χ2v) is 3.37. The molecule has 0 radical (unpaired) electrons. The standard InChI is InChI=1S/C10H7ClFN3/c11-8-3-6(1-2-9(8)12)7-4-14-10(13)15-5-7/h1-5H,(H2,13,14,15). The minimum Gasteiger partial charge on any atom is -0.368 e. The number of hydrogen-bond donors (Lipinski definition) is 1. The first-order valence-corrected chi connectivity index (χ1v) is 4.57. The van der Waals surface area contributed by atoms with Crippen molar-refractivity contribution in [1.29, 1.82) is 0 Å². The van der Waals surface area contributed by atoms with E-state index in [9.17, 15) is 4.39 Å². The van der Waals surface area contributed by atoms with Crippen molar-refractivity contribution in [3.63, 3.8) is 0 Å². The summed E-state index contributed by atoms with van der Waals surface area (Å²) in [5.74, 6) is -0.247. The first-order valence-electron chi connectivity index (χ1n) is 4.20. The van der Waals surface area contributed by atoms with Gasteiger partial charge in [-0.1, -0.05) is 17.7 Å². The SMILES string of the molecule is Nc1ncc(-c2ccc(F)c(Cl)c2)cn1. The highest BCUT2D eigenvalue weighted by atomic mass is 35.5. The van der Waals surface area contributed by atoms with Crippen molar-refractivity contribution in [3.05, 3.63) is 41.4 Å². The lowest BCUT2D eigenvalue weighted by molar-refractivity contribution is 0.628. The Morgan fingerprint density at radius 3 is 2.40 bits per heavy atom. The van der Waals surface area contributed by atoms with Crippen LogP contribution in [-0.4, -0.2) is 9.97 Å². The van der Waals surface area contributed by atoms with Crippen LogP contribution < -0.4 is 5.73 Å². The van der Waals surface area contributed by atoms with E-state index in [0.29, 0.717) is 0 Å². The van der Waals surface area contributed by atoms with Crippen LogP contribution in [0.25, 0.3) is 11.1 Å². The zero-order valence-electron chi connectivity index (χ0n) is 7.61. The van der Waals surface area contributed by atoms with Crippen LogP contribution in [0.5, 0.6) is 0 Å². The number of rotatable bonds is 1. The summed E-state index contributed by atoms with van der Waals surface area (Å²) in [6.07, 6.45) is 3.12. The summed E-state index contributed by atoms with van der Waals surface area (Å²) in [5.41, 5.74) is 6.84. The summed E-state index contributed by atoms with van der Waals surface area (Å²) < 4.78 is 12.9. The molecule has 2 N–H and O–H groups in total. The van der Waals surface area contributed by atoms with Gasteiger partial charge < -0.3 is 5.73 Å². The van der Waals surface area contributed by atoms with Gasteiger partial charge >= 0.3 is 0 Å². The lowest BCUT2D eigenvalue weighted by Gasteiger charge is -2.01. The van der Waals surface area contributed by atoms with Crippen LogP contribution in [0.3, 0.4) is 0 Å². The largest absolute Gasteiger partial charge is 0.368 e. The minimum atomic E-state index is -0.447. The third-order valence-electron chi connectivity index (χ3n) is 1.92. The van der Waals surface area contributed by atoms with Crippen molar-refractivity contribution in [2.45, 2.75) is 0 Å². The van der Waals surface area contributed by atoms with E-state index in [-0.39, 0.29) is 11.0 Å². The van der Waals surface area contributed by atoms with E-state index in [1.165, 1.54) is 12.1 Å². The maximum atomic E-state index is 12.9. The average molecular weight is 224 g/mol. The first-order chi connectivity index (χ1) is 7.16. The highest BCUT2D eigenvalue weighted by Gasteiger charge is 2.03. The van der Waals surface area contributed by atoms with E-state index >= 15 is 0 Å². The lowest BCUT2D eigenvalue weighted by atomic mass is 10.1. The molecule has 0 bridgehead atoms. The molecule has 0 atom stereocenters. The van der Waals surface area contributed by atoms with Crippen molar-refractivity contribution in [2.24, 2.45) is 0 Å². The molecule has 1 heterocycles. The van der Waals surface area contributed by atoms with Gasteiger partial charge in [0.25, 0.3) is 0 Å². The Balaban J connectivity index is 2.45. The van der Waals surface area contributed by atoms with Crippen LogP contribution in [0.2, 0.25) is 5.02 Å². The predicted octanol–water partition coefficient (Wildman–Crippen LogP) is 2.52. The van der Waals surface area contributed by atoms with E-state index in [2.05, 4.69) is 9.97 Å². The molecular formula is C10H7ClFN3. The second kappa shape index (κ2) is 3.82. The Morgan fingerprint density at radius 1 is 1.13 bits per heavy atom. The fourth-order valence-corrected chi connectivity index (χ4v) is 1.34. The minimum absolute atomic E-state index is 0.0734. The van der Waals surface area contributed by atoms with Crippen LogP contribution in [0, 0.1) is 5.82 Å². The van der Waals surface area contributed by atoms with Crippen LogP contribution in [0.1, 0.15) is 0 Å². The van der Waals surface area contributed by atoms with Gasteiger partial charge in [0.2, 0.25) is 5.95 Å². The monoisotopic (exact) mass is 223 g/mol. The zero-order valence-corrected chi connectivity index (χ0v) is 8.37. The lowest BCUT2D eigenvalue weighted by Crippen LogP contribution is -1.93. The maximum Gasteiger partial charge on any atom is 0.219 e. The zero-order chi connectivity index (χ0) is 10.8. The highest BCUT2D eigenvalue weighted by Crippen LogP contribution is 2.23. The van der Waals surface area contributed by atoms with Gasteiger partial charge in [-0.15, -0.1) is 0 Å². The molecule has 3 nitrogen and oxygen atoms in total. The number of aromatic nitrogens is 2. The molecule has 1 aromatic heterocycles. The quantitative estimate of drug-likeness (QED) is 0.808. The van der Waals surface area contributed by atoms with E-state index in [0.717, 1.165) is 11.1 Å². The average Bonchev–Trinajstić information content (AvgIpc) is 2.23. The fourth-order valence-electron chi connectivity index (χ4n) is 1.16. The summed E-state index contributed by atoms with van der Waals surface area (Å²) >= 11 is 5.65. The van der Waals surface area contributed by atoms with E-state index < -0.39 is 5.82 Å². The summed E-state index contributed by atoms with van der Waals surface area (Å²) in [7, 11) is 0. The van der Waals surface area contributed by atoms with Crippen LogP contribution in [-0.2, 0) is 0 Å². The Kier molecular flexibility index (Phi) is 2.51. The number of nitrogens with two attached hydrogens (primary N) is 1. The summed E-state index contributed by atoms with van der Waals surface area (Å²) in [6, 6.07) is 4.43. The van der Waals surface area contributed by atoms with Gasteiger partial charge in [-0.25, -0.2) is 14.4 Å². The van der Waals surface area contributed by atoms with Gasteiger partial charge in [-0.2, -0.15) is 0 Å². The molecule has 0 amide bonds. The number of nitrogen functional groups attached to an aromatic ring is 1. The molecule has 0 saturated heterocycles. The second-order valence-electron chi connectivity index (χ2n) is 2.96. The molecule has 0 aliphatic heterocycles. The van der Waals surface area contributed by atoms with Crippen molar-refractivity contribution >= 4 is 17.5 Å². The van der Waals surface area contributed by atoms with Gasteiger partial charge in [-0.05, 0) is 17.7 Å². The highest BCUT2D eigenvalue weighted by molar-refractivity contribution is 6.31. The summed E-state index contributed by atoms with van der Waals surface area (Å²) in [5, 5.41) is 0.0734. The Bertz CT molecular complexity index is 485. The predicted molar refractivity (Wildman–Crippen MR) is 56.8 cm³/mol. The fraction of sp³-hybridized carbons (Fsp3) is 0. The number of anilines is 1. The van der Waals surface area contributed by atoms with Gasteiger partial charge in [-0.3, -0.25) is 0 Å². The van der Waals surface area contributed by atoms with E-state index in [1.54, 1.807) is 18.5 Å². The van der Waals surface area contributed by atoms with Crippen molar-refractivity contribution in [1.82, 2.24) is 9.97 Å². The molecule has 76 valence electrons. The molecule has 0 aliphatic rings. The molecular weight excluding hydrogens is 217 g/mol.